The number of hydrogen-bond donors (Lipinski definition) is 1. The van der Waals surface area contributed by atoms with Crippen LogP contribution in [0.25, 0.3) is 0 Å². The first kappa shape index (κ1) is 15.6. The van der Waals surface area contributed by atoms with Crippen molar-refractivity contribution in [3.05, 3.63) is 53.6 Å². The Hall–Kier alpha value is -3.33. The number of nitrogens with zero attached hydrogens (tertiary/aromatic N) is 2. The second-order valence-corrected chi connectivity index (χ2v) is 5.35. The maximum absolute atomic E-state index is 12.5. The van der Waals surface area contributed by atoms with Crippen LogP contribution in [0.2, 0.25) is 0 Å². The van der Waals surface area contributed by atoms with Crippen LogP contribution in [0.4, 0.5) is 11.4 Å². The van der Waals surface area contributed by atoms with Crippen LogP contribution in [0.15, 0.2) is 42.5 Å². The van der Waals surface area contributed by atoms with Crippen LogP contribution in [0.3, 0.4) is 0 Å². The van der Waals surface area contributed by atoms with Gasteiger partial charge >= 0.3 is 0 Å². The molecule has 1 aliphatic heterocycles. The van der Waals surface area contributed by atoms with Crippen LogP contribution in [0.5, 0.6) is 5.75 Å². The van der Waals surface area contributed by atoms with Gasteiger partial charge in [-0.3, -0.25) is 9.59 Å². The van der Waals surface area contributed by atoms with E-state index >= 15 is 0 Å². The zero-order valence-corrected chi connectivity index (χ0v) is 13.1. The molecule has 0 aliphatic carbocycles. The third-order valence-electron chi connectivity index (χ3n) is 3.83. The lowest BCUT2D eigenvalue weighted by Gasteiger charge is -2.17. The molecule has 6 heteroatoms. The molecule has 0 unspecified atom stereocenters. The minimum Gasteiger partial charge on any atom is -0.491 e. The van der Waals surface area contributed by atoms with Crippen LogP contribution >= 0.6 is 0 Å². The van der Waals surface area contributed by atoms with Gasteiger partial charge in [0.05, 0.1) is 30.0 Å². The van der Waals surface area contributed by atoms with E-state index < -0.39 is 0 Å². The van der Waals surface area contributed by atoms with Gasteiger partial charge in [0.25, 0.3) is 5.91 Å². The molecule has 0 aromatic heterocycles. The number of fused-ring (bicyclic) bond motifs is 1. The van der Waals surface area contributed by atoms with Gasteiger partial charge in [0.1, 0.15) is 11.8 Å². The first-order valence-electron chi connectivity index (χ1n) is 7.44. The number of anilines is 2. The Labute approximate surface area is 139 Å². The molecule has 0 bridgehead atoms. The monoisotopic (exact) mass is 321 g/mol. The first-order chi connectivity index (χ1) is 11.6. The van der Waals surface area contributed by atoms with Crippen molar-refractivity contribution in [1.82, 2.24) is 0 Å². The van der Waals surface area contributed by atoms with Crippen molar-refractivity contribution in [1.29, 1.82) is 5.26 Å². The lowest BCUT2D eigenvalue weighted by atomic mass is 10.1. The number of carbonyl (C=O) groups is 2. The van der Waals surface area contributed by atoms with Crippen molar-refractivity contribution < 1.29 is 14.3 Å². The van der Waals surface area contributed by atoms with Crippen LogP contribution in [0.1, 0.15) is 22.3 Å². The van der Waals surface area contributed by atoms with Crippen molar-refractivity contribution in [2.24, 2.45) is 0 Å². The van der Waals surface area contributed by atoms with Crippen molar-refractivity contribution in [2.45, 2.75) is 6.42 Å². The number of nitrogens with one attached hydrogen (secondary N) is 1. The van der Waals surface area contributed by atoms with Gasteiger partial charge in [0, 0.05) is 12.6 Å². The Morgan fingerprint density at radius 2 is 2.08 bits per heavy atom. The Kier molecular flexibility index (Phi) is 4.17. The standard InChI is InChI=1S/C18H15N3O3/c1-21-15-10-12(6-7-16(15)24-9-8-17(21)22)18(23)20-14-5-3-2-4-13(14)11-19/h2-7,10H,8-9H2,1H3,(H,20,23). The van der Waals surface area contributed by atoms with Gasteiger partial charge in [-0.1, -0.05) is 12.1 Å². The van der Waals surface area contributed by atoms with E-state index in [1.807, 2.05) is 6.07 Å². The van der Waals surface area contributed by atoms with E-state index in [2.05, 4.69) is 5.32 Å². The van der Waals surface area contributed by atoms with Gasteiger partial charge < -0.3 is 15.0 Å². The predicted octanol–water partition coefficient (Wildman–Crippen LogP) is 2.56. The molecule has 2 aromatic carbocycles. The first-order valence-corrected chi connectivity index (χ1v) is 7.44. The summed E-state index contributed by atoms with van der Waals surface area (Å²) < 4.78 is 5.54. The van der Waals surface area contributed by atoms with E-state index in [0.29, 0.717) is 41.3 Å². The molecule has 0 saturated carbocycles. The molecular weight excluding hydrogens is 306 g/mol. The fraction of sp³-hybridized carbons (Fsp3) is 0.167. The second-order valence-electron chi connectivity index (χ2n) is 5.35. The molecule has 120 valence electrons. The van der Waals surface area contributed by atoms with Crippen LogP contribution in [0, 0.1) is 11.3 Å². The molecule has 1 N–H and O–H groups in total. The van der Waals surface area contributed by atoms with Crippen molar-refractivity contribution >= 4 is 23.2 Å². The van der Waals surface area contributed by atoms with E-state index in [9.17, 15) is 9.59 Å². The highest BCUT2D eigenvalue weighted by Gasteiger charge is 2.21. The van der Waals surface area contributed by atoms with Gasteiger partial charge in [-0.15, -0.1) is 0 Å². The summed E-state index contributed by atoms with van der Waals surface area (Å²) in [6.45, 7) is 0.317. The number of rotatable bonds is 2. The molecular formula is C18H15N3O3. The summed E-state index contributed by atoms with van der Waals surface area (Å²) in [4.78, 5) is 25.9. The quantitative estimate of drug-likeness (QED) is 0.921. The summed E-state index contributed by atoms with van der Waals surface area (Å²) in [7, 11) is 1.66. The minimum absolute atomic E-state index is 0.0684. The number of ether oxygens (including phenoxy) is 1. The molecule has 0 radical (unpaired) electrons. The average Bonchev–Trinajstić information content (AvgIpc) is 2.74. The van der Waals surface area contributed by atoms with E-state index in [1.165, 1.54) is 4.90 Å². The summed E-state index contributed by atoms with van der Waals surface area (Å²) in [6.07, 6.45) is 0.294. The summed E-state index contributed by atoms with van der Waals surface area (Å²) >= 11 is 0. The molecule has 1 heterocycles. The zero-order chi connectivity index (χ0) is 17.1. The molecule has 0 atom stereocenters. The predicted molar refractivity (Wildman–Crippen MR) is 89.1 cm³/mol. The second kappa shape index (κ2) is 6.42. The SMILES string of the molecule is CN1C(=O)CCOc2ccc(C(=O)Nc3ccccc3C#N)cc21. The molecule has 0 spiro atoms. The highest BCUT2D eigenvalue weighted by Crippen LogP contribution is 2.31. The van der Waals surface area contributed by atoms with Crippen molar-refractivity contribution in [2.75, 3.05) is 23.9 Å². The molecule has 2 amide bonds. The highest BCUT2D eigenvalue weighted by atomic mass is 16.5. The van der Waals surface area contributed by atoms with Crippen molar-refractivity contribution in [3.63, 3.8) is 0 Å². The zero-order valence-electron chi connectivity index (χ0n) is 13.1. The van der Waals surface area contributed by atoms with E-state index in [4.69, 9.17) is 10.00 Å². The van der Waals surface area contributed by atoms with Crippen molar-refractivity contribution in [3.8, 4) is 11.8 Å². The maximum Gasteiger partial charge on any atom is 0.255 e. The van der Waals surface area contributed by atoms with Gasteiger partial charge in [0.15, 0.2) is 0 Å². The number of carbonyl (C=O) groups excluding carboxylic acids is 2. The molecule has 0 saturated heterocycles. The van der Waals surface area contributed by atoms with Crippen LogP contribution in [-0.2, 0) is 4.79 Å². The summed E-state index contributed by atoms with van der Waals surface area (Å²) in [5, 5.41) is 11.8. The lowest BCUT2D eigenvalue weighted by molar-refractivity contribution is -0.118. The molecule has 6 nitrogen and oxygen atoms in total. The number of para-hydroxylation sites is 1. The molecule has 0 fully saturated rings. The van der Waals surface area contributed by atoms with Gasteiger partial charge in [-0.05, 0) is 30.3 Å². The molecule has 1 aliphatic rings. The number of amides is 2. The summed E-state index contributed by atoms with van der Waals surface area (Å²) in [5.41, 5.74) is 1.77. The number of hydrogen-bond acceptors (Lipinski definition) is 4. The molecule has 3 rings (SSSR count). The largest absolute Gasteiger partial charge is 0.491 e. The Morgan fingerprint density at radius 3 is 2.88 bits per heavy atom. The average molecular weight is 321 g/mol. The lowest BCUT2D eigenvalue weighted by Crippen LogP contribution is -2.25. The smallest absolute Gasteiger partial charge is 0.255 e. The number of nitriles is 1. The van der Waals surface area contributed by atoms with Gasteiger partial charge in [0.2, 0.25) is 5.91 Å². The van der Waals surface area contributed by atoms with Gasteiger partial charge in [-0.25, -0.2) is 0 Å². The van der Waals surface area contributed by atoms with E-state index in [-0.39, 0.29) is 11.8 Å². The fourth-order valence-corrected chi connectivity index (χ4v) is 2.48. The third-order valence-corrected chi connectivity index (χ3v) is 3.83. The summed E-state index contributed by atoms with van der Waals surface area (Å²) in [5.74, 6) is 0.143. The Balaban J connectivity index is 1.90. The van der Waals surface area contributed by atoms with Crippen LogP contribution in [-0.4, -0.2) is 25.5 Å². The Morgan fingerprint density at radius 1 is 1.29 bits per heavy atom. The topological polar surface area (TPSA) is 82.4 Å². The third kappa shape index (κ3) is 2.92. The summed E-state index contributed by atoms with van der Waals surface area (Å²) in [6, 6.07) is 13.7. The normalized spacial score (nSPS) is 13.3. The van der Waals surface area contributed by atoms with E-state index in [1.54, 1.807) is 49.5 Å². The van der Waals surface area contributed by atoms with Crippen LogP contribution < -0.4 is 15.0 Å². The maximum atomic E-state index is 12.5. The molecule has 24 heavy (non-hydrogen) atoms. The number of benzene rings is 2. The highest BCUT2D eigenvalue weighted by molar-refractivity contribution is 6.06. The van der Waals surface area contributed by atoms with E-state index in [0.717, 1.165) is 0 Å². The Bertz CT molecular complexity index is 855. The minimum atomic E-state index is -0.356. The fourth-order valence-electron chi connectivity index (χ4n) is 2.48. The molecule has 2 aromatic rings. The van der Waals surface area contributed by atoms with Gasteiger partial charge in [-0.2, -0.15) is 5.26 Å².